The highest BCUT2D eigenvalue weighted by Crippen LogP contribution is 2.65. The Hall–Kier alpha value is -3.66. The van der Waals surface area contributed by atoms with Crippen LogP contribution in [0.3, 0.4) is 0 Å². The normalized spacial score (nSPS) is 17.3. The summed E-state index contributed by atoms with van der Waals surface area (Å²) in [6.07, 6.45) is -9.65. The molecular formula is C28H18Cl3F8N3O4. The van der Waals surface area contributed by atoms with Crippen LogP contribution in [0.5, 0.6) is 0 Å². The third-order valence-corrected chi connectivity index (χ3v) is 7.74. The summed E-state index contributed by atoms with van der Waals surface area (Å²) in [5.74, 6) is -7.85. The summed E-state index contributed by atoms with van der Waals surface area (Å²) < 4.78 is 107. The van der Waals surface area contributed by atoms with Crippen LogP contribution < -0.4 is 16.0 Å². The average Bonchev–Trinajstić information content (AvgIpc) is 3.51. The maximum Gasteiger partial charge on any atom is 0.419 e. The van der Waals surface area contributed by atoms with Gasteiger partial charge in [0.15, 0.2) is 0 Å². The fourth-order valence-corrected chi connectivity index (χ4v) is 5.36. The maximum absolute atomic E-state index is 14.7. The zero-order chi connectivity index (χ0) is 34.2. The molecule has 0 aliphatic heterocycles. The molecular weight excluding hydrogens is 701 g/mol. The molecule has 1 fully saturated rings. The predicted molar refractivity (Wildman–Crippen MR) is 152 cm³/mol. The van der Waals surface area contributed by atoms with Gasteiger partial charge in [-0.15, -0.1) is 23.2 Å². The molecule has 0 aromatic heterocycles. The average molecular weight is 719 g/mol. The number of hydrogen-bond donors (Lipinski definition) is 3. The van der Waals surface area contributed by atoms with Crippen molar-refractivity contribution < 1.29 is 54.2 Å². The van der Waals surface area contributed by atoms with E-state index in [9.17, 15) is 49.5 Å². The molecule has 46 heavy (non-hydrogen) atoms. The first-order chi connectivity index (χ1) is 21.3. The molecule has 1 aliphatic rings. The summed E-state index contributed by atoms with van der Waals surface area (Å²) in [6, 6.07) is 8.73. The highest BCUT2D eigenvalue weighted by atomic mass is 35.5. The van der Waals surface area contributed by atoms with Gasteiger partial charge in [-0.05, 0) is 54.1 Å². The zero-order valence-corrected chi connectivity index (χ0v) is 24.8. The molecule has 1 saturated carbocycles. The van der Waals surface area contributed by atoms with Gasteiger partial charge in [0.05, 0.1) is 27.8 Å². The number of amides is 3. The van der Waals surface area contributed by atoms with Crippen molar-refractivity contribution in [2.75, 3.05) is 29.2 Å². The van der Waals surface area contributed by atoms with Crippen molar-refractivity contribution in [3.05, 3.63) is 87.9 Å². The van der Waals surface area contributed by atoms with Gasteiger partial charge in [0.2, 0.25) is 11.8 Å². The monoisotopic (exact) mass is 717 g/mol. The molecule has 246 valence electrons. The van der Waals surface area contributed by atoms with E-state index in [1.807, 2.05) is 0 Å². The fraction of sp³-hybridized carbons (Fsp3) is 0.250. The Balaban J connectivity index is 1.41. The van der Waals surface area contributed by atoms with Crippen molar-refractivity contribution in [2.24, 2.45) is 5.92 Å². The molecule has 2 unspecified atom stereocenters. The number of nitrogens with one attached hydrogen (secondary N) is 3. The molecule has 3 amide bonds. The molecule has 0 spiro atoms. The molecule has 4 rings (SSSR count). The van der Waals surface area contributed by atoms with Gasteiger partial charge in [0, 0.05) is 17.3 Å². The molecule has 0 saturated heterocycles. The van der Waals surface area contributed by atoms with E-state index in [1.54, 1.807) is 0 Å². The standard InChI is InChI=1S/C28H18Cl3F8N3O4/c29-17-5-3-14(41-25(45)23-22(27(23,30)31)12-1-6-18(32)16(7-12)28(37,38)39)9-20(17)42-24(44)15-4-2-13(8-19(15)33)40-21(43)10-46-11-26(34,35)36/h1-9,22-23H,10-11H2,(H,40,43)(H,41,45)(H,42,44). The largest absolute Gasteiger partial charge is 0.419 e. The van der Waals surface area contributed by atoms with Crippen molar-refractivity contribution in [2.45, 2.75) is 22.6 Å². The molecule has 0 heterocycles. The Morgan fingerprint density at radius 1 is 0.826 bits per heavy atom. The molecule has 0 bridgehead atoms. The lowest BCUT2D eigenvalue weighted by Gasteiger charge is -2.12. The molecule has 3 N–H and O–H groups in total. The van der Waals surface area contributed by atoms with Crippen LogP contribution in [0.4, 0.5) is 52.2 Å². The minimum absolute atomic E-state index is 0.0286. The number of alkyl halides is 8. The smallest absolute Gasteiger partial charge is 0.362 e. The molecule has 0 radical (unpaired) electrons. The first-order valence-corrected chi connectivity index (χ1v) is 13.8. The van der Waals surface area contributed by atoms with E-state index in [0.717, 1.165) is 24.3 Å². The Kier molecular flexibility index (Phi) is 10.1. The van der Waals surface area contributed by atoms with Gasteiger partial charge in [0.25, 0.3) is 5.91 Å². The summed E-state index contributed by atoms with van der Waals surface area (Å²) >= 11 is 18.5. The summed E-state index contributed by atoms with van der Waals surface area (Å²) in [7, 11) is 0. The molecule has 3 aromatic rings. The van der Waals surface area contributed by atoms with E-state index in [4.69, 9.17) is 34.8 Å². The summed E-state index contributed by atoms with van der Waals surface area (Å²) in [6.45, 7) is -2.62. The van der Waals surface area contributed by atoms with Crippen molar-refractivity contribution in [3.8, 4) is 0 Å². The van der Waals surface area contributed by atoms with Crippen LogP contribution in [-0.4, -0.2) is 41.4 Å². The minimum atomic E-state index is -5.00. The van der Waals surface area contributed by atoms with Crippen molar-refractivity contribution in [1.82, 2.24) is 0 Å². The third kappa shape index (κ3) is 8.37. The second-order valence-corrected chi connectivity index (χ2v) is 11.7. The number of anilines is 3. The number of carbonyl (C=O) groups excluding carboxylic acids is 3. The fourth-order valence-electron chi connectivity index (χ4n) is 4.36. The number of halogens is 11. The minimum Gasteiger partial charge on any atom is -0.362 e. The highest BCUT2D eigenvalue weighted by molar-refractivity contribution is 6.53. The molecule has 18 heteroatoms. The third-order valence-electron chi connectivity index (χ3n) is 6.47. The van der Waals surface area contributed by atoms with Gasteiger partial charge in [-0.2, -0.15) is 26.3 Å². The first kappa shape index (κ1) is 35.2. The van der Waals surface area contributed by atoms with Crippen LogP contribution in [-0.2, 0) is 20.5 Å². The summed E-state index contributed by atoms with van der Waals surface area (Å²) in [4.78, 5) is 37.5. The number of rotatable bonds is 9. The van der Waals surface area contributed by atoms with Gasteiger partial charge < -0.3 is 20.7 Å². The maximum atomic E-state index is 14.7. The van der Waals surface area contributed by atoms with Gasteiger partial charge in [-0.25, -0.2) is 8.78 Å². The van der Waals surface area contributed by atoms with Gasteiger partial charge in [-0.3, -0.25) is 14.4 Å². The predicted octanol–water partition coefficient (Wildman–Crippen LogP) is 7.93. The lowest BCUT2D eigenvalue weighted by atomic mass is 10.0. The van der Waals surface area contributed by atoms with Crippen LogP contribution >= 0.6 is 34.8 Å². The SMILES string of the molecule is O=C(COCC(F)(F)F)Nc1ccc(C(=O)Nc2cc(NC(=O)C3C(c4ccc(F)c(C(F)(F)F)c4)C3(Cl)Cl)ccc2Cl)c(F)c1. The number of hydrogen-bond acceptors (Lipinski definition) is 4. The second-order valence-electron chi connectivity index (χ2n) is 9.86. The summed E-state index contributed by atoms with van der Waals surface area (Å²) in [5.41, 5.74) is -2.45. The number of benzene rings is 3. The topological polar surface area (TPSA) is 96.5 Å². The van der Waals surface area contributed by atoms with Crippen LogP contribution in [0.15, 0.2) is 54.6 Å². The van der Waals surface area contributed by atoms with E-state index in [-0.39, 0.29) is 27.6 Å². The van der Waals surface area contributed by atoms with Gasteiger partial charge in [0.1, 0.15) is 29.2 Å². The van der Waals surface area contributed by atoms with Crippen molar-refractivity contribution >= 4 is 69.6 Å². The first-order valence-electron chi connectivity index (χ1n) is 12.7. The van der Waals surface area contributed by atoms with E-state index >= 15 is 0 Å². The van der Waals surface area contributed by atoms with Gasteiger partial charge >= 0.3 is 12.4 Å². The summed E-state index contributed by atoms with van der Waals surface area (Å²) in [5, 5.41) is 6.86. The Labute approximate surface area is 269 Å². The van der Waals surface area contributed by atoms with Crippen LogP contribution in [0.2, 0.25) is 5.02 Å². The highest BCUT2D eigenvalue weighted by Gasteiger charge is 2.67. The van der Waals surface area contributed by atoms with E-state index in [1.165, 1.54) is 18.2 Å². The quantitative estimate of drug-likeness (QED) is 0.155. The van der Waals surface area contributed by atoms with Gasteiger partial charge in [-0.1, -0.05) is 17.7 Å². The lowest BCUT2D eigenvalue weighted by Crippen LogP contribution is -2.24. The van der Waals surface area contributed by atoms with Crippen molar-refractivity contribution in [3.63, 3.8) is 0 Å². The molecule has 1 aliphatic carbocycles. The lowest BCUT2D eigenvalue weighted by molar-refractivity contribution is -0.174. The van der Waals surface area contributed by atoms with E-state index < -0.39 is 82.2 Å². The van der Waals surface area contributed by atoms with Crippen LogP contribution in [0.1, 0.15) is 27.4 Å². The van der Waals surface area contributed by atoms with Crippen LogP contribution in [0.25, 0.3) is 0 Å². The molecule has 7 nitrogen and oxygen atoms in total. The molecule has 2 atom stereocenters. The Morgan fingerprint density at radius 3 is 2.11 bits per heavy atom. The molecule has 3 aromatic carbocycles. The second kappa shape index (κ2) is 13.2. The number of carbonyl (C=O) groups is 3. The van der Waals surface area contributed by atoms with E-state index in [2.05, 4.69) is 20.7 Å². The van der Waals surface area contributed by atoms with Crippen molar-refractivity contribution in [1.29, 1.82) is 0 Å². The Morgan fingerprint density at radius 2 is 1.48 bits per heavy atom. The zero-order valence-electron chi connectivity index (χ0n) is 22.6. The van der Waals surface area contributed by atoms with E-state index in [0.29, 0.717) is 12.1 Å². The Bertz CT molecular complexity index is 1680. The number of ether oxygens (including phenoxy) is 1. The van der Waals surface area contributed by atoms with Crippen LogP contribution in [0, 0.1) is 17.6 Å².